The zero-order valence-corrected chi connectivity index (χ0v) is 9.10. The molecular weight excluding hydrogens is 228 g/mol. The van der Waals surface area contributed by atoms with Crippen LogP contribution in [-0.4, -0.2) is 0 Å². The van der Waals surface area contributed by atoms with E-state index >= 15 is 0 Å². The summed E-state index contributed by atoms with van der Waals surface area (Å²) in [6.07, 6.45) is 0.667. The van der Waals surface area contributed by atoms with E-state index in [-0.39, 0.29) is 0 Å². The number of nitrogens with zero attached hydrogens (tertiary/aromatic N) is 6. The SMILES string of the molecule is N#CC1(C#N)C(C#N)(C#N)C2(CC2)C1(C#N)C#N. The first kappa shape index (κ1) is 11.4. The lowest BCUT2D eigenvalue weighted by molar-refractivity contribution is -0.0983. The highest BCUT2D eigenvalue weighted by Gasteiger charge is 2.96. The maximum atomic E-state index is 9.24. The minimum atomic E-state index is -2.20. The van der Waals surface area contributed by atoms with Gasteiger partial charge in [-0.15, -0.1) is 0 Å². The van der Waals surface area contributed by atoms with Gasteiger partial charge >= 0.3 is 0 Å². The summed E-state index contributed by atoms with van der Waals surface area (Å²) in [5, 5.41) is 55.4. The van der Waals surface area contributed by atoms with Gasteiger partial charge in [0.25, 0.3) is 0 Å². The molecule has 0 aliphatic heterocycles. The third kappa shape index (κ3) is 0.590. The maximum Gasteiger partial charge on any atom is 0.208 e. The van der Waals surface area contributed by atoms with Crippen molar-refractivity contribution < 1.29 is 0 Å². The molecule has 2 rings (SSSR count). The van der Waals surface area contributed by atoms with Gasteiger partial charge in [0.1, 0.15) is 0 Å². The molecule has 0 heterocycles. The summed E-state index contributed by atoms with van der Waals surface area (Å²) in [5.74, 6) is 0. The summed E-state index contributed by atoms with van der Waals surface area (Å²) in [7, 11) is 0. The van der Waals surface area contributed by atoms with Crippen LogP contribution >= 0.6 is 0 Å². The average molecular weight is 232 g/mol. The molecule has 0 N–H and O–H groups in total. The highest BCUT2D eigenvalue weighted by atomic mass is 14.9. The molecule has 0 aromatic rings. The Morgan fingerprint density at radius 2 is 0.778 bits per heavy atom. The Bertz CT molecular complexity index is 600. The van der Waals surface area contributed by atoms with E-state index in [1.807, 2.05) is 0 Å². The lowest BCUT2D eigenvalue weighted by atomic mass is 9.31. The van der Waals surface area contributed by atoms with Crippen molar-refractivity contribution >= 4 is 0 Å². The van der Waals surface area contributed by atoms with E-state index in [2.05, 4.69) is 0 Å². The fourth-order valence-electron chi connectivity index (χ4n) is 3.27. The van der Waals surface area contributed by atoms with Gasteiger partial charge in [-0.3, -0.25) is 0 Å². The smallest absolute Gasteiger partial charge is 0.196 e. The fraction of sp³-hybridized carbons (Fsp3) is 0.500. The fourth-order valence-corrected chi connectivity index (χ4v) is 3.27. The van der Waals surface area contributed by atoms with Crippen LogP contribution in [0.25, 0.3) is 0 Å². The van der Waals surface area contributed by atoms with Crippen molar-refractivity contribution in [2.24, 2.45) is 21.7 Å². The van der Waals surface area contributed by atoms with E-state index in [4.69, 9.17) is 0 Å². The zero-order valence-electron chi connectivity index (χ0n) is 9.10. The number of rotatable bonds is 0. The standard InChI is InChI=1S/C12H4N6/c13-3-10(4-14)9(1-2-9)11(5-15,6-16)12(10,7-17)8-18/h1-2H2. The van der Waals surface area contributed by atoms with Crippen molar-refractivity contribution in [3.63, 3.8) is 0 Å². The van der Waals surface area contributed by atoms with Gasteiger partial charge in [-0.05, 0) is 12.8 Å². The molecule has 0 amide bonds. The Hall–Kier alpha value is -3.06. The van der Waals surface area contributed by atoms with E-state index in [1.165, 1.54) is 0 Å². The third-order valence-corrected chi connectivity index (χ3v) is 4.32. The molecule has 2 saturated carbocycles. The molecule has 0 saturated heterocycles. The Kier molecular flexibility index (Phi) is 1.77. The molecule has 1 spiro atoms. The number of hydrogen-bond donors (Lipinski definition) is 0. The van der Waals surface area contributed by atoms with Crippen molar-refractivity contribution in [2.45, 2.75) is 12.8 Å². The molecule has 0 atom stereocenters. The average Bonchev–Trinajstić information content (AvgIpc) is 3.21. The van der Waals surface area contributed by atoms with Crippen LogP contribution in [0.3, 0.4) is 0 Å². The maximum absolute atomic E-state index is 9.24. The van der Waals surface area contributed by atoms with Gasteiger partial charge in [0.15, 0.2) is 10.8 Å². The summed E-state index contributed by atoms with van der Waals surface area (Å²) in [6, 6.07) is 10.1. The van der Waals surface area contributed by atoms with E-state index in [9.17, 15) is 31.6 Å². The second-order valence-corrected chi connectivity index (χ2v) is 4.50. The first-order valence-corrected chi connectivity index (χ1v) is 5.05. The Balaban J connectivity index is 2.88. The Labute approximate surface area is 103 Å². The van der Waals surface area contributed by atoms with Crippen molar-refractivity contribution in [3.05, 3.63) is 0 Å². The summed E-state index contributed by atoms with van der Waals surface area (Å²) >= 11 is 0. The highest BCUT2D eigenvalue weighted by molar-refractivity contribution is 5.61. The van der Waals surface area contributed by atoms with Gasteiger partial charge in [-0.25, -0.2) is 0 Å². The van der Waals surface area contributed by atoms with Crippen molar-refractivity contribution in [1.29, 1.82) is 31.6 Å². The van der Waals surface area contributed by atoms with Gasteiger partial charge in [0.05, 0.1) is 36.4 Å². The second-order valence-electron chi connectivity index (χ2n) is 4.50. The normalized spacial score (nSPS) is 25.7. The van der Waals surface area contributed by atoms with Crippen LogP contribution in [0.2, 0.25) is 0 Å². The first-order valence-electron chi connectivity index (χ1n) is 5.05. The molecule has 0 aromatic heterocycles. The third-order valence-electron chi connectivity index (χ3n) is 4.32. The predicted molar refractivity (Wildman–Crippen MR) is 52.6 cm³/mol. The molecule has 0 radical (unpaired) electrons. The molecule has 2 fully saturated rings. The van der Waals surface area contributed by atoms with Crippen LogP contribution in [0.15, 0.2) is 0 Å². The molecule has 0 bridgehead atoms. The van der Waals surface area contributed by atoms with Crippen LogP contribution in [0.5, 0.6) is 0 Å². The minimum Gasteiger partial charge on any atom is -0.196 e. The number of nitriles is 6. The summed E-state index contributed by atoms with van der Waals surface area (Å²) in [5.41, 5.74) is -7.15. The monoisotopic (exact) mass is 232 g/mol. The lowest BCUT2D eigenvalue weighted by Crippen LogP contribution is -2.71. The van der Waals surface area contributed by atoms with Gasteiger partial charge in [0.2, 0.25) is 5.41 Å². The van der Waals surface area contributed by atoms with E-state index < -0.39 is 21.7 Å². The molecular formula is C12H4N6. The predicted octanol–water partition coefficient (Wildman–Crippen LogP) is 0.881. The molecule has 6 nitrogen and oxygen atoms in total. The van der Waals surface area contributed by atoms with Gasteiger partial charge in [0, 0.05) is 5.41 Å². The molecule has 0 aromatic carbocycles. The van der Waals surface area contributed by atoms with Crippen LogP contribution in [0.1, 0.15) is 12.8 Å². The van der Waals surface area contributed by atoms with Crippen molar-refractivity contribution in [3.8, 4) is 36.4 Å². The first-order chi connectivity index (χ1) is 8.57. The summed E-state index contributed by atoms with van der Waals surface area (Å²) < 4.78 is 0. The molecule has 82 valence electrons. The van der Waals surface area contributed by atoms with Gasteiger partial charge < -0.3 is 0 Å². The molecule has 0 unspecified atom stereocenters. The van der Waals surface area contributed by atoms with E-state index in [1.54, 1.807) is 36.4 Å². The van der Waals surface area contributed by atoms with Crippen molar-refractivity contribution in [1.82, 2.24) is 0 Å². The van der Waals surface area contributed by atoms with Crippen LogP contribution in [0.4, 0.5) is 0 Å². The zero-order chi connectivity index (χ0) is 13.7. The quantitative estimate of drug-likeness (QED) is 0.606. The lowest BCUT2D eigenvalue weighted by Gasteiger charge is -2.58. The molecule has 18 heavy (non-hydrogen) atoms. The molecule has 2 aliphatic rings. The summed E-state index contributed by atoms with van der Waals surface area (Å²) in [6.45, 7) is 0. The highest BCUT2D eigenvalue weighted by Crippen LogP contribution is 2.86. The second kappa shape index (κ2) is 2.79. The topological polar surface area (TPSA) is 143 Å². The minimum absolute atomic E-state index is 0.334. The van der Waals surface area contributed by atoms with Crippen LogP contribution in [-0.2, 0) is 0 Å². The Morgan fingerprint density at radius 3 is 0.944 bits per heavy atom. The molecule has 6 heteroatoms. The van der Waals surface area contributed by atoms with E-state index in [0.717, 1.165) is 0 Å². The van der Waals surface area contributed by atoms with Gasteiger partial charge in [-0.2, -0.15) is 31.6 Å². The Morgan fingerprint density at radius 1 is 0.500 bits per heavy atom. The molecule has 2 aliphatic carbocycles. The van der Waals surface area contributed by atoms with Crippen molar-refractivity contribution in [2.75, 3.05) is 0 Å². The van der Waals surface area contributed by atoms with E-state index in [0.29, 0.717) is 12.8 Å². The van der Waals surface area contributed by atoms with Crippen LogP contribution in [0, 0.1) is 89.6 Å². The largest absolute Gasteiger partial charge is 0.208 e. The summed E-state index contributed by atoms with van der Waals surface area (Å²) in [4.78, 5) is 0. The van der Waals surface area contributed by atoms with Crippen LogP contribution < -0.4 is 0 Å². The number of hydrogen-bond acceptors (Lipinski definition) is 6. The van der Waals surface area contributed by atoms with Gasteiger partial charge in [-0.1, -0.05) is 0 Å².